The Bertz CT molecular complexity index is 1370. The second-order valence-electron chi connectivity index (χ2n) is 7.98. The van der Waals surface area contributed by atoms with Crippen LogP contribution in [0.5, 0.6) is 0 Å². The van der Waals surface area contributed by atoms with E-state index in [4.69, 9.17) is 0 Å². The van der Waals surface area contributed by atoms with Crippen LogP contribution in [0.1, 0.15) is 54.1 Å². The van der Waals surface area contributed by atoms with Gasteiger partial charge in [0, 0.05) is 29.9 Å². The fourth-order valence-corrected chi connectivity index (χ4v) is 3.85. The molecule has 2 N–H and O–H groups in total. The Morgan fingerprint density at radius 1 is 1.09 bits per heavy atom. The van der Waals surface area contributed by atoms with Crippen molar-refractivity contribution in [2.45, 2.75) is 53.6 Å². The summed E-state index contributed by atoms with van der Waals surface area (Å²) in [5, 5.41) is 14.5. The molecule has 1 aromatic carbocycles. The molecule has 9 heteroatoms. The largest absolute Gasteiger partial charge is 0.349 e. The minimum atomic E-state index is -0.748. The van der Waals surface area contributed by atoms with E-state index >= 15 is 0 Å². The molecule has 34 heavy (non-hydrogen) atoms. The molecule has 176 valence electrons. The summed E-state index contributed by atoms with van der Waals surface area (Å²) < 4.78 is 3.37. The molecule has 3 aromatic rings. The minimum Gasteiger partial charge on any atom is -0.349 e. The Hall–Kier alpha value is -4.19. The molecule has 0 atom stereocenters. The highest BCUT2D eigenvalue weighted by Crippen LogP contribution is 2.19. The van der Waals surface area contributed by atoms with Crippen LogP contribution in [0.3, 0.4) is 0 Å². The zero-order chi connectivity index (χ0) is 24.8. The zero-order valence-corrected chi connectivity index (χ0v) is 19.8. The number of carbonyl (C=O) groups is 2. The Morgan fingerprint density at radius 3 is 2.41 bits per heavy atom. The van der Waals surface area contributed by atoms with Gasteiger partial charge < -0.3 is 4.57 Å². The third kappa shape index (κ3) is 4.91. The Kier molecular flexibility index (Phi) is 7.64. The maximum absolute atomic E-state index is 12.9. The second-order valence-corrected chi connectivity index (χ2v) is 7.98. The molecule has 0 bridgehead atoms. The van der Waals surface area contributed by atoms with Gasteiger partial charge in [0.15, 0.2) is 5.69 Å². The zero-order valence-electron chi connectivity index (χ0n) is 19.8. The predicted octanol–water partition coefficient (Wildman–Crippen LogP) is 3.00. The van der Waals surface area contributed by atoms with E-state index in [0.717, 1.165) is 29.9 Å². The summed E-state index contributed by atoms with van der Waals surface area (Å²) >= 11 is 0. The van der Waals surface area contributed by atoms with Crippen molar-refractivity contribution < 1.29 is 9.59 Å². The van der Waals surface area contributed by atoms with Gasteiger partial charge in [-0.15, -0.1) is 0 Å². The second kappa shape index (κ2) is 10.6. The molecule has 2 heterocycles. The Labute approximate surface area is 197 Å². The van der Waals surface area contributed by atoms with Gasteiger partial charge in [-0.05, 0) is 50.5 Å². The van der Waals surface area contributed by atoms with Crippen LogP contribution >= 0.6 is 0 Å². The van der Waals surface area contributed by atoms with Gasteiger partial charge in [-0.3, -0.25) is 25.2 Å². The van der Waals surface area contributed by atoms with E-state index in [9.17, 15) is 19.6 Å². The van der Waals surface area contributed by atoms with E-state index in [0.29, 0.717) is 23.7 Å². The molecule has 0 spiro atoms. The average Bonchev–Trinajstić information content (AvgIpc) is 3.10. The number of aromatic nitrogens is 3. The summed E-state index contributed by atoms with van der Waals surface area (Å²) in [5.41, 5.74) is 6.94. The number of hydrogen-bond acceptors (Lipinski definition) is 5. The lowest BCUT2D eigenvalue weighted by Gasteiger charge is -2.11. The van der Waals surface area contributed by atoms with Gasteiger partial charge in [0.25, 0.3) is 17.4 Å². The average molecular weight is 461 g/mol. The fourth-order valence-electron chi connectivity index (χ4n) is 3.85. The smallest absolute Gasteiger partial charge is 0.290 e. The van der Waals surface area contributed by atoms with E-state index in [2.05, 4.69) is 27.4 Å². The topological polar surface area (TPSA) is 122 Å². The maximum Gasteiger partial charge on any atom is 0.290 e. The number of benzene rings is 1. The van der Waals surface area contributed by atoms with E-state index in [-0.39, 0.29) is 16.8 Å². The summed E-state index contributed by atoms with van der Waals surface area (Å²) in [6, 6.07) is 10.5. The number of nitriles is 1. The minimum absolute atomic E-state index is 0.00884. The van der Waals surface area contributed by atoms with Gasteiger partial charge in [0.05, 0.1) is 5.39 Å². The molecule has 2 amide bonds. The van der Waals surface area contributed by atoms with Crippen molar-refractivity contribution >= 4 is 28.7 Å². The van der Waals surface area contributed by atoms with Gasteiger partial charge >= 0.3 is 0 Å². The summed E-state index contributed by atoms with van der Waals surface area (Å²) in [4.78, 5) is 38.1. The summed E-state index contributed by atoms with van der Waals surface area (Å²) in [5.74, 6) is -1.44. The third-order valence-electron chi connectivity index (χ3n) is 5.53. The van der Waals surface area contributed by atoms with Gasteiger partial charge in [0.1, 0.15) is 11.6 Å². The van der Waals surface area contributed by atoms with Crippen molar-refractivity contribution in [1.82, 2.24) is 25.2 Å². The lowest BCUT2D eigenvalue weighted by molar-refractivity contribution is -0.117. The molecule has 0 aliphatic carbocycles. The van der Waals surface area contributed by atoms with Gasteiger partial charge in [-0.25, -0.2) is 4.68 Å². The summed E-state index contributed by atoms with van der Waals surface area (Å²) in [6.07, 6.45) is 3.13. The molecule has 0 aliphatic heterocycles. The van der Waals surface area contributed by atoms with Crippen LogP contribution in [0.4, 0.5) is 0 Å². The van der Waals surface area contributed by atoms with Crippen molar-refractivity contribution in [1.29, 1.82) is 5.26 Å². The molecule has 9 nitrogen and oxygen atoms in total. The number of hydrogen-bond donors (Lipinski definition) is 2. The molecule has 0 saturated carbocycles. The number of aryl methyl sites for hydroxylation is 2. The SMILES string of the molecule is CCCn1c(C)cc(/C=C(\C#N)C(=O)NNC(=O)c2nn(CCC)c(=O)c3ccccc23)c1C. The van der Waals surface area contributed by atoms with E-state index in [1.165, 1.54) is 10.8 Å². The lowest BCUT2D eigenvalue weighted by Crippen LogP contribution is -2.43. The Morgan fingerprint density at radius 2 is 1.76 bits per heavy atom. The first-order chi connectivity index (χ1) is 16.3. The van der Waals surface area contributed by atoms with Crippen molar-refractivity contribution in [3.05, 3.63) is 68.9 Å². The summed E-state index contributed by atoms with van der Waals surface area (Å²) in [7, 11) is 0. The van der Waals surface area contributed by atoms with Crippen LogP contribution < -0.4 is 16.4 Å². The van der Waals surface area contributed by atoms with Crippen molar-refractivity contribution in [2.75, 3.05) is 0 Å². The number of rotatable bonds is 7. The lowest BCUT2D eigenvalue weighted by atomic mass is 10.1. The number of nitrogens with zero attached hydrogens (tertiary/aromatic N) is 4. The predicted molar refractivity (Wildman–Crippen MR) is 130 cm³/mol. The van der Waals surface area contributed by atoms with E-state index in [1.807, 2.05) is 32.9 Å². The molecule has 3 rings (SSSR count). The van der Waals surface area contributed by atoms with Gasteiger partial charge in [-0.2, -0.15) is 10.4 Å². The normalized spacial score (nSPS) is 11.3. The molecule has 2 aromatic heterocycles. The van der Waals surface area contributed by atoms with Crippen LogP contribution in [0.2, 0.25) is 0 Å². The highest BCUT2D eigenvalue weighted by molar-refractivity contribution is 6.07. The number of amides is 2. The fraction of sp³-hybridized carbons (Fsp3) is 0.320. The maximum atomic E-state index is 12.9. The number of fused-ring (bicyclic) bond motifs is 1. The van der Waals surface area contributed by atoms with Gasteiger partial charge in [-0.1, -0.05) is 32.0 Å². The highest BCUT2D eigenvalue weighted by Gasteiger charge is 2.18. The molecular weight excluding hydrogens is 432 g/mol. The monoisotopic (exact) mass is 460 g/mol. The standard InChI is InChI=1S/C25H28N6O3/c1-5-11-30-16(3)13-18(17(30)4)14-19(15-26)23(32)27-28-24(33)22-20-9-7-8-10-21(20)25(34)31(29-22)12-6-2/h7-10,13-14H,5-6,11-12H2,1-4H3,(H,27,32)(H,28,33)/b19-14+. The first-order valence-electron chi connectivity index (χ1n) is 11.2. The van der Waals surface area contributed by atoms with Crippen LogP contribution in [0, 0.1) is 25.2 Å². The first-order valence-corrected chi connectivity index (χ1v) is 11.2. The first kappa shape index (κ1) is 24.5. The third-order valence-corrected chi connectivity index (χ3v) is 5.53. The number of hydrazine groups is 1. The van der Waals surface area contributed by atoms with Crippen LogP contribution in [0.15, 0.2) is 40.7 Å². The van der Waals surface area contributed by atoms with E-state index < -0.39 is 11.8 Å². The molecular formula is C25H28N6O3. The molecule has 0 aliphatic rings. The van der Waals surface area contributed by atoms with Crippen LogP contribution in [0.25, 0.3) is 16.8 Å². The van der Waals surface area contributed by atoms with Crippen LogP contribution in [-0.2, 0) is 17.9 Å². The van der Waals surface area contributed by atoms with E-state index in [1.54, 1.807) is 24.3 Å². The van der Waals surface area contributed by atoms with Gasteiger partial charge in [0.2, 0.25) is 0 Å². The van der Waals surface area contributed by atoms with Crippen molar-refractivity contribution in [3.8, 4) is 6.07 Å². The van der Waals surface area contributed by atoms with Crippen molar-refractivity contribution in [3.63, 3.8) is 0 Å². The molecule has 0 unspecified atom stereocenters. The Balaban J connectivity index is 1.84. The summed E-state index contributed by atoms with van der Waals surface area (Å²) in [6.45, 7) is 9.09. The molecule has 0 fully saturated rings. The van der Waals surface area contributed by atoms with Crippen molar-refractivity contribution in [2.24, 2.45) is 0 Å². The molecule has 0 saturated heterocycles. The molecule has 0 radical (unpaired) electrons. The number of nitrogens with one attached hydrogen (secondary N) is 2. The highest BCUT2D eigenvalue weighted by atomic mass is 16.2. The van der Waals surface area contributed by atoms with Crippen LogP contribution in [-0.4, -0.2) is 26.2 Å². The number of carbonyl (C=O) groups excluding carboxylic acids is 2. The quantitative estimate of drug-likeness (QED) is 0.319.